The van der Waals surface area contributed by atoms with Gasteiger partial charge in [0.15, 0.2) is 0 Å². The molecular weight excluding hydrogens is 841 g/mol. The molecule has 0 spiro atoms. The molecule has 2 fully saturated rings. The van der Waals surface area contributed by atoms with Gasteiger partial charge in [-0.2, -0.15) is 0 Å². The number of esters is 1. The van der Waals surface area contributed by atoms with Crippen molar-refractivity contribution in [3.63, 3.8) is 0 Å². The lowest BCUT2D eigenvalue weighted by atomic mass is 9.92. The number of hydrogen-bond acceptors (Lipinski definition) is 11. The zero-order valence-corrected chi connectivity index (χ0v) is 38.1. The first-order chi connectivity index (χ1) is 32.0. The van der Waals surface area contributed by atoms with E-state index < -0.39 is 24.1 Å². The third-order valence-electron chi connectivity index (χ3n) is 13.4. The van der Waals surface area contributed by atoms with Crippen LogP contribution < -0.4 is 15.4 Å². The van der Waals surface area contributed by atoms with Crippen molar-refractivity contribution >= 4 is 45.7 Å². The van der Waals surface area contributed by atoms with Crippen molar-refractivity contribution in [1.29, 1.82) is 0 Å². The fourth-order valence-electron chi connectivity index (χ4n) is 10.00. The highest BCUT2D eigenvalue weighted by Gasteiger charge is 2.42. The van der Waals surface area contributed by atoms with Gasteiger partial charge in [-0.3, -0.25) is 19.7 Å². The number of nitrogens with zero attached hydrogens (tertiary/aromatic N) is 4. The van der Waals surface area contributed by atoms with E-state index >= 15 is 0 Å². The zero-order valence-electron chi connectivity index (χ0n) is 38.1. The maximum absolute atomic E-state index is 14.3. The lowest BCUT2D eigenvalue weighted by Crippen LogP contribution is -2.52. The molecule has 344 valence electrons. The lowest BCUT2D eigenvalue weighted by molar-refractivity contribution is -0.141. The maximum Gasteiger partial charge on any atom is 0.407 e. The zero-order chi connectivity index (χ0) is 46.2. The highest BCUT2D eigenvalue weighted by molar-refractivity contribution is 6.07. The summed E-state index contributed by atoms with van der Waals surface area (Å²) >= 11 is 0. The number of carbonyl (C=O) groups excluding carboxylic acids is 4. The molecule has 6 aromatic rings. The molecule has 4 N–H and O–H groups in total. The number of nitrogens with one attached hydrogen (secondary N) is 4. The van der Waals surface area contributed by atoms with E-state index in [2.05, 4.69) is 63.9 Å². The van der Waals surface area contributed by atoms with E-state index in [4.69, 9.17) is 28.9 Å². The lowest BCUT2D eigenvalue weighted by Gasteiger charge is -2.33. The highest BCUT2D eigenvalue weighted by Crippen LogP contribution is 2.44. The second-order valence-electron chi connectivity index (χ2n) is 17.9. The number of methoxy groups -OCH3 is 3. The summed E-state index contributed by atoms with van der Waals surface area (Å²) in [6.07, 6.45) is 3.34. The van der Waals surface area contributed by atoms with Gasteiger partial charge in [0.25, 0.3) is 5.91 Å². The van der Waals surface area contributed by atoms with E-state index in [-0.39, 0.29) is 48.3 Å². The van der Waals surface area contributed by atoms with Gasteiger partial charge < -0.3 is 44.0 Å². The van der Waals surface area contributed by atoms with Crippen LogP contribution in [0, 0.1) is 11.8 Å². The monoisotopic (exact) mass is 896 g/mol. The molecule has 0 saturated carbocycles. The second-order valence-corrected chi connectivity index (χ2v) is 17.9. The predicted molar refractivity (Wildman–Crippen MR) is 247 cm³/mol. The number of alkyl carbamates (subject to hydrolysis) is 1. The van der Waals surface area contributed by atoms with E-state index in [0.29, 0.717) is 37.6 Å². The summed E-state index contributed by atoms with van der Waals surface area (Å²) in [5.74, 6) is 1.43. The SMILES string of the molecule is COC[C@H]1C[C@@H](c2ncc(-c3ccc4c(c3)COc3cc5c(ccc6[nH]c([C@@H]7CC[C@H](C)N7C(=O)[C@@H](NCC(=O)OC)C(C)C)nc65)cc3-4)[nH]2)N(C(=O)[C@H](NC(=O)OC)c2ccccc2)C1. The van der Waals surface area contributed by atoms with Gasteiger partial charge in [0.05, 0.1) is 68.4 Å². The van der Waals surface area contributed by atoms with Gasteiger partial charge in [0.2, 0.25) is 5.91 Å². The van der Waals surface area contributed by atoms with Crippen LogP contribution in [0.5, 0.6) is 5.75 Å². The summed E-state index contributed by atoms with van der Waals surface area (Å²) in [4.78, 5) is 73.6. The number of benzene rings is 4. The van der Waals surface area contributed by atoms with Gasteiger partial charge in [-0.25, -0.2) is 14.8 Å². The molecule has 6 atom stereocenters. The fraction of sp³-hybridized carbons (Fsp3) is 0.400. The number of H-pyrrole nitrogens is 2. The Hall–Kier alpha value is -6.78. The minimum atomic E-state index is -0.947. The molecule has 3 aliphatic rings. The molecule has 5 heterocycles. The Morgan fingerprint density at radius 3 is 2.47 bits per heavy atom. The Kier molecular flexibility index (Phi) is 12.5. The number of fused-ring (bicyclic) bond motifs is 6. The smallest absolute Gasteiger partial charge is 0.407 e. The molecule has 4 aromatic carbocycles. The molecule has 0 aliphatic carbocycles. The van der Waals surface area contributed by atoms with Crippen molar-refractivity contribution in [3.05, 3.63) is 102 Å². The Bertz CT molecular complexity index is 2790. The number of aromatic nitrogens is 4. The second kappa shape index (κ2) is 18.6. The van der Waals surface area contributed by atoms with Gasteiger partial charge in [-0.15, -0.1) is 0 Å². The van der Waals surface area contributed by atoms with Crippen molar-refractivity contribution < 1.29 is 38.1 Å². The molecule has 3 amide bonds. The molecule has 66 heavy (non-hydrogen) atoms. The van der Waals surface area contributed by atoms with Gasteiger partial charge in [0.1, 0.15) is 30.0 Å². The molecule has 3 aliphatic heterocycles. The van der Waals surface area contributed by atoms with E-state index in [1.807, 2.05) is 55.1 Å². The third kappa shape index (κ3) is 8.46. The Balaban J connectivity index is 0.967. The molecule has 0 unspecified atom stereocenters. The Morgan fingerprint density at radius 1 is 0.894 bits per heavy atom. The molecule has 16 heteroatoms. The van der Waals surface area contributed by atoms with Crippen molar-refractivity contribution in [1.82, 2.24) is 40.4 Å². The molecule has 0 radical (unpaired) electrons. The first-order valence-corrected chi connectivity index (χ1v) is 22.5. The number of carbonyl (C=O) groups is 4. The number of amides is 3. The summed E-state index contributed by atoms with van der Waals surface area (Å²) in [6.45, 7) is 7.23. The van der Waals surface area contributed by atoms with Crippen molar-refractivity contribution in [2.45, 2.75) is 76.8 Å². The van der Waals surface area contributed by atoms with E-state index in [1.165, 1.54) is 14.2 Å². The van der Waals surface area contributed by atoms with Gasteiger partial charge in [-0.05, 0) is 84.0 Å². The minimum absolute atomic E-state index is 0.00332. The van der Waals surface area contributed by atoms with E-state index in [0.717, 1.165) is 74.2 Å². The number of imidazole rings is 2. The standard InChI is InChI=1S/C50H56N8O8/c1-27(2)43(51-23-42(59)64-5)49(61)58-28(3)12-17-39(58)47-53-37-16-14-31-20-36-34-15-13-32(19-33(34)26-66-41(36)21-35(31)45(37)55-47)38-22-52-46(54-38)40-18-29(25-63-4)24-57(40)48(60)44(56-50(62)65-6)30-10-8-7-9-11-30/h7-11,13-16,19-22,27-29,39-40,43-44,51H,12,17-18,23-26H2,1-6H3,(H,52,54)(H,53,55)(H,56,62)/t28-,29-,39-,40-,43-,44+/m0/s1. The van der Waals surface area contributed by atoms with Crippen LogP contribution in [-0.4, -0.2) is 107 Å². The summed E-state index contributed by atoms with van der Waals surface area (Å²) in [7, 11) is 4.27. The van der Waals surface area contributed by atoms with E-state index in [1.54, 1.807) is 18.2 Å². The van der Waals surface area contributed by atoms with Crippen LogP contribution in [0.2, 0.25) is 0 Å². The number of ether oxygens (including phenoxy) is 4. The van der Waals surface area contributed by atoms with Gasteiger partial charge in [-0.1, -0.05) is 62.4 Å². The third-order valence-corrected chi connectivity index (χ3v) is 13.4. The quantitative estimate of drug-likeness (QED) is 0.0862. The molecule has 16 nitrogen and oxygen atoms in total. The highest BCUT2D eigenvalue weighted by atomic mass is 16.5. The maximum atomic E-state index is 14.3. The molecule has 0 bridgehead atoms. The summed E-state index contributed by atoms with van der Waals surface area (Å²) in [6, 6.07) is 21.7. The summed E-state index contributed by atoms with van der Waals surface area (Å²) in [5, 5.41) is 7.83. The number of aromatic amines is 2. The van der Waals surface area contributed by atoms with Gasteiger partial charge in [0, 0.05) is 36.6 Å². The average Bonchev–Trinajstić information content (AvgIpc) is 4.16. The normalized spacial score (nSPS) is 19.9. The minimum Gasteiger partial charge on any atom is -0.488 e. The topological polar surface area (TPSA) is 193 Å². The summed E-state index contributed by atoms with van der Waals surface area (Å²) in [5.41, 5.74) is 7.14. The van der Waals surface area contributed by atoms with Crippen molar-refractivity contribution in [2.24, 2.45) is 11.8 Å². The Morgan fingerprint density at radius 2 is 1.71 bits per heavy atom. The first kappa shape index (κ1) is 44.4. The van der Waals surface area contributed by atoms with Gasteiger partial charge >= 0.3 is 12.1 Å². The van der Waals surface area contributed by atoms with Crippen LogP contribution in [0.4, 0.5) is 4.79 Å². The van der Waals surface area contributed by atoms with Crippen LogP contribution >= 0.6 is 0 Å². The van der Waals surface area contributed by atoms with Crippen LogP contribution in [0.15, 0.2) is 79.0 Å². The first-order valence-electron chi connectivity index (χ1n) is 22.5. The predicted octanol–water partition coefficient (Wildman–Crippen LogP) is 7.14. The number of rotatable bonds is 13. The van der Waals surface area contributed by atoms with Crippen LogP contribution in [-0.2, 0) is 35.2 Å². The largest absolute Gasteiger partial charge is 0.488 e. The summed E-state index contributed by atoms with van der Waals surface area (Å²) < 4.78 is 21.7. The molecule has 9 rings (SSSR count). The average molecular weight is 897 g/mol. The fourth-order valence-corrected chi connectivity index (χ4v) is 10.00. The molecular formula is C50H56N8O8. The van der Waals surface area contributed by atoms with Crippen molar-refractivity contribution in [2.75, 3.05) is 41.0 Å². The number of hydrogen-bond donors (Lipinski definition) is 4. The Labute approximate surface area is 382 Å². The molecule has 2 aromatic heterocycles. The van der Waals surface area contributed by atoms with Crippen molar-refractivity contribution in [3.8, 4) is 28.1 Å². The molecule has 2 saturated heterocycles. The van der Waals surface area contributed by atoms with E-state index in [9.17, 15) is 19.2 Å². The van der Waals surface area contributed by atoms with Crippen LogP contribution in [0.3, 0.4) is 0 Å². The van der Waals surface area contributed by atoms with Crippen LogP contribution in [0.25, 0.3) is 44.2 Å². The number of likely N-dealkylation sites (tertiary alicyclic amines) is 2. The van der Waals surface area contributed by atoms with Crippen LogP contribution in [0.1, 0.15) is 80.9 Å².